The van der Waals surface area contributed by atoms with Crippen molar-refractivity contribution in [2.75, 3.05) is 11.9 Å². The lowest BCUT2D eigenvalue weighted by Gasteiger charge is -2.23. The first kappa shape index (κ1) is 15.9. The molecule has 0 radical (unpaired) electrons. The molecule has 1 rings (SSSR count). The number of aliphatic carboxylic acids is 1. The smallest absolute Gasteiger partial charge is 0.319 e. The number of aryl methyl sites for hydroxylation is 1. The number of nitrogens with one attached hydrogen (secondary N) is 2. The van der Waals surface area contributed by atoms with Gasteiger partial charge in [-0.2, -0.15) is 0 Å². The fourth-order valence-corrected chi connectivity index (χ4v) is 1.52. The van der Waals surface area contributed by atoms with Gasteiger partial charge in [-0.3, -0.25) is 4.79 Å². The summed E-state index contributed by atoms with van der Waals surface area (Å²) in [5, 5.41) is 14.1. The third-order valence-corrected chi connectivity index (χ3v) is 3.38. The molecule has 110 valence electrons. The van der Waals surface area contributed by atoms with E-state index in [-0.39, 0.29) is 6.54 Å². The van der Waals surface area contributed by atoms with Crippen molar-refractivity contribution in [2.24, 2.45) is 5.41 Å². The largest absolute Gasteiger partial charge is 0.481 e. The second-order valence-electron chi connectivity index (χ2n) is 4.99. The number of urea groups is 1. The summed E-state index contributed by atoms with van der Waals surface area (Å²) in [4.78, 5) is 22.8. The zero-order chi connectivity index (χ0) is 15.3. The molecule has 0 aliphatic carbocycles. The first-order valence-corrected chi connectivity index (χ1v) is 6.33. The van der Waals surface area contributed by atoms with Crippen LogP contribution in [0.1, 0.15) is 25.8 Å². The predicted octanol–water partition coefficient (Wildman–Crippen LogP) is 2.76. The van der Waals surface area contributed by atoms with Gasteiger partial charge in [0.15, 0.2) is 0 Å². The number of carboxylic acid groups (broad SMARTS) is 1. The van der Waals surface area contributed by atoms with Crippen molar-refractivity contribution in [3.8, 4) is 0 Å². The van der Waals surface area contributed by atoms with Gasteiger partial charge in [0.2, 0.25) is 0 Å². The summed E-state index contributed by atoms with van der Waals surface area (Å²) in [6, 6.07) is 3.51. The Balaban J connectivity index is 2.65. The van der Waals surface area contributed by atoms with Gasteiger partial charge in [0.25, 0.3) is 0 Å². The molecule has 6 heteroatoms. The minimum atomic E-state index is -1.02. The van der Waals surface area contributed by atoms with E-state index in [1.807, 2.05) is 0 Å². The van der Waals surface area contributed by atoms with Crippen LogP contribution in [0.15, 0.2) is 18.2 Å². The van der Waals surface area contributed by atoms with Crippen molar-refractivity contribution >= 4 is 17.7 Å². The Bertz CT molecular complexity index is 519. The molecule has 0 saturated heterocycles. The first-order chi connectivity index (χ1) is 9.28. The van der Waals surface area contributed by atoms with Gasteiger partial charge in [-0.1, -0.05) is 13.0 Å². The van der Waals surface area contributed by atoms with Gasteiger partial charge < -0.3 is 15.7 Å². The third-order valence-electron chi connectivity index (χ3n) is 3.38. The Morgan fingerprint density at radius 1 is 1.40 bits per heavy atom. The number of carboxylic acids is 1. The number of benzene rings is 1. The molecule has 20 heavy (non-hydrogen) atoms. The van der Waals surface area contributed by atoms with E-state index >= 15 is 0 Å². The van der Waals surface area contributed by atoms with E-state index in [0.29, 0.717) is 12.1 Å². The predicted molar refractivity (Wildman–Crippen MR) is 74.2 cm³/mol. The topological polar surface area (TPSA) is 78.4 Å². The van der Waals surface area contributed by atoms with Crippen LogP contribution in [0.5, 0.6) is 0 Å². The van der Waals surface area contributed by atoms with Gasteiger partial charge in [-0.25, -0.2) is 9.18 Å². The zero-order valence-electron chi connectivity index (χ0n) is 11.8. The lowest BCUT2D eigenvalue weighted by Crippen LogP contribution is -2.42. The molecule has 0 spiro atoms. The summed E-state index contributed by atoms with van der Waals surface area (Å²) in [6.07, 6.45) is 0.390. The van der Waals surface area contributed by atoms with Crippen molar-refractivity contribution in [3.05, 3.63) is 29.6 Å². The summed E-state index contributed by atoms with van der Waals surface area (Å²) in [7, 11) is 0. The average Bonchev–Trinajstić information content (AvgIpc) is 2.40. The Kier molecular flexibility index (Phi) is 5.07. The molecule has 3 N–H and O–H groups in total. The van der Waals surface area contributed by atoms with Gasteiger partial charge in [0.05, 0.1) is 5.41 Å². The van der Waals surface area contributed by atoms with Crippen LogP contribution in [-0.4, -0.2) is 23.7 Å². The van der Waals surface area contributed by atoms with E-state index < -0.39 is 23.2 Å². The summed E-state index contributed by atoms with van der Waals surface area (Å²) in [5.74, 6) is -1.42. The van der Waals surface area contributed by atoms with E-state index in [9.17, 15) is 14.0 Å². The molecule has 0 fully saturated rings. The van der Waals surface area contributed by atoms with Crippen LogP contribution in [0.2, 0.25) is 0 Å². The molecule has 1 aromatic carbocycles. The third kappa shape index (κ3) is 3.94. The van der Waals surface area contributed by atoms with Crippen molar-refractivity contribution in [1.82, 2.24) is 5.32 Å². The number of anilines is 1. The van der Waals surface area contributed by atoms with E-state index in [0.717, 1.165) is 5.56 Å². The van der Waals surface area contributed by atoms with Gasteiger partial charge in [0, 0.05) is 12.2 Å². The molecule has 1 atom stereocenters. The SMILES string of the molecule is CCC(C)(CNC(=O)Nc1cc(F)ccc1C)C(=O)O. The Labute approximate surface area is 117 Å². The molecule has 0 aliphatic rings. The monoisotopic (exact) mass is 282 g/mol. The molecule has 1 unspecified atom stereocenters. The van der Waals surface area contributed by atoms with Crippen LogP contribution in [0.25, 0.3) is 0 Å². The number of halogens is 1. The first-order valence-electron chi connectivity index (χ1n) is 6.33. The molecule has 5 nitrogen and oxygen atoms in total. The fourth-order valence-electron chi connectivity index (χ4n) is 1.52. The Morgan fingerprint density at radius 3 is 2.60 bits per heavy atom. The van der Waals surface area contributed by atoms with Crippen LogP contribution in [0.4, 0.5) is 14.9 Å². The fraction of sp³-hybridized carbons (Fsp3) is 0.429. The highest BCUT2D eigenvalue weighted by Gasteiger charge is 2.31. The highest BCUT2D eigenvalue weighted by Crippen LogP contribution is 2.20. The number of hydrogen-bond donors (Lipinski definition) is 3. The molecule has 2 amide bonds. The van der Waals surface area contributed by atoms with Crippen molar-refractivity contribution < 1.29 is 19.1 Å². The number of rotatable bonds is 5. The summed E-state index contributed by atoms with van der Waals surface area (Å²) < 4.78 is 13.1. The Morgan fingerprint density at radius 2 is 2.05 bits per heavy atom. The van der Waals surface area contributed by atoms with Crippen LogP contribution < -0.4 is 10.6 Å². The van der Waals surface area contributed by atoms with Crippen LogP contribution in [-0.2, 0) is 4.79 Å². The van der Waals surface area contributed by atoms with Gasteiger partial charge in [-0.05, 0) is 38.0 Å². The molecule has 0 bridgehead atoms. The average molecular weight is 282 g/mol. The number of carbonyl (C=O) groups is 2. The van der Waals surface area contributed by atoms with E-state index in [2.05, 4.69) is 10.6 Å². The van der Waals surface area contributed by atoms with Crippen LogP contribution in [0, 0.1) is 18.2 Å². The molecular formula is C14H19FN2O3. The van der Waals surface area contributed by atoms with E-state index in [1.54, 1.807) is 26.8 Å². The molecule has 0 aliphatic heterocycles. The highest BCUT2D eigenvalue weighted by molar-refractivity contribution is 5.90. The van der Waals surface area contributed by atoms with E-state index in [1.165, 1.54) is 12.1 Å². The quantitative estimate of drug-likeness (QED) is 0.777. The van der Waals surface area contributed by atoms with Crippen LogP contribution >= 0.6 is 0 Å². The maximum Gasteiger partial charge on any atom is 0.319 e. The highest BCUT2D eigenvalue weighted by atomic mass is 19.1. The summed E-state index contributed by atoms with van der Waals surface area (Å²) in [6.45, 7) is 5.04. The van der Waals surface area contributed by atoms with Crippen molar-refractivity contribution in [2.45, 2.75) is 27.2 Å². The standard InChI is InChI=1S/C14H19FN2O3/c1-4-14(3,12(18)19)8-16-13(20)17-11-7-10(15)6-5-9(11)2/h5-7H,4,8H2,1-3H3,(H,18,19)(H2,16,17,20). The van der Waals surface area contributed by atoms with Gasteiger partial charge in [-0.15, -0.1) is 0 Å². The zero-order valence-corrected chi connectivity index (χ0v) is 11.8. The second-order valence-corrected chi connectivity index (χ2v) is 4.99. The molecular weight excluding hydrogens is 263 g/mol. The van der Waals surface area contributed by atoms with Gasteiger partial charge in [0.1, 0.15) is 5.82 Å². The summed E-state index contributed by atoms with van der Waals surface area (Å²) >= 11 is 0. The molecule has 0 heterocycles. The molecule has 1 aromatic rings. The second kappa shape index (κ2) is 6.36. The minimum Gasteiger partial charge on any atom is -0.481 e. The lowest BCUT2D eigenvalue weighted by atomic mass is 9.88. The lowest BCUT2D eigenvalue weighted by molar-refractivity contribution is -0.147. The maximum absolute atomic E-state index is 13.1. The minimum absolute atomic E-state index is 0.000962. The maximum atomic E-state index is 13.1. The Hall–Kier alpha value is -2.11. The number of hydrogen-bond acceptors (Lipinski definition) is 2. The molecule has 0 aromatic heterocycles. The molecule has 0 saturated carbocycles. The summed E-state index contributed by atoms with van der Waals surface area (Å²) in [5.41, 5.74) is 0.0583. The normalized spacial score (nSPS) is 13.4. The van der Waals surface area contributed by atoms with Crippen LogP contribution in [0.3, 0.4) is 0 Å². The van der Waals surface area contributed by atoms with Crippen molar-refractivity contribution in [1.29, 1.82) is 0 Å². The van der Waals surface area contributed by atoms with E-state index in [4.69, 9.17) is 5.11 Å². The van der Waals surface area contributed by atoms with Crippen molar-refractivity contribution in [3.63, 3.8) is 0 Å². The number of carbonyl (C=O) groups excluding carboxylic acids is 1. The number of amides is 2. The van der Waals surface area contributed by atoms with Gasteiger partial charge >= 0.3 is 12.0 Å².